The van der Waals surface area contributed by atoms with Gasteiger partial charge in [-0.1, -0.05) is 0 Å². The lowest BCUT2D eigenvalue weighted by Crippen LogP contribution is -2.29. The zero-order valence-corrected chi connectivity index (χ0v) is 13.4. The van der Waals surface area contributed by atoms with Crippen LogP contribution in [0.4, 0.5) is 0 Å². The number of methoxy groups -OCH3 is 1. The van der Waals surface area contributed by atoms with E-state index in [-0.39, 0.29) is 23.1 Å². The molecular weight excluding hydrogens is 298 g/mol. The molecule has 3 rings (SSSR count). The molecule has 0 saturated heterocycles. The van der Waals surface area contributed by atoms with Crippen LogP contribution in [-0.2, 0) is 23.1 Å². The zero-order chi connectivity index (χ0) is 16.6. The minimum atomic E-state index is -0.216. The van der Waals surface area contributed by atoms with Gasteiger partial charge in [-0.05, 0) is 37.7 Å². The lowest BCUT2D eigenvalue weighted by Gasteiger charge is -2.26. The van der Waals surface area contributed by atoms with Crippen LogP contribution >= 0.6 is 0 Å². The third kappa shape index (κ3) is 2.83. The number of imidazole rings is 1. The Morgan fingerprint density at radius 2 is 1.96 bits per heavy atom. The topological polar surface area (TPSA) is 86.1 Å². The number of H-pyrrole nitrogens is 1. The van der Waals surface area contributed by atoms with Crippen LogP contribution in [0.3, 0.4) is 0 Å². The Labute approximate surface area is 132 Å². The van der Waals surface area contributed by atoms with E-state index in [1.807, 2.05) is 0 Å². The largest absolute Gasteiger partial charge is 0.469 e. The summed E-state index contributed by atoms with van der Waals surface area (Å²) < 4.78 is 7.99. The van der Waals surface area contributed by atoms with Crippen molar-refractivity contribution in [2.24, 2.45) is 18.9 Å². The van der Waals surface area contributed by atoms with Crippen LogP contribution in [0, 0.1) is 11.8 Å². The highest BCUT2D eigenvalue weighted by Crippen LogP contribution is 2.30. The molecule has 7 nitrogen and oxygen atoms in total. The molecule has 1 N–H and O–H groups in total. The van der Waals surface area contributed by atoms with E-state index in [9.17, 15) is 14.4 Å². The summed E-state index contributed by atoms with van der Waals surface area (Å²) >= 11 is 0. The Morgan fingerprint density at radius 3 is 2.61 bits per heavy atom. The average Bonchev–Trinajstić information content (AvgIpc) is 2.79. The first-order valence-corrected chi connectivity index (χ1v) is 7.87. The van der Waals surface area contributed by atoms with Crippen LogP contribution < -0.4 is 11.2 Å². The second-order valence-electron chi connectivity index (χ2n) is 6.25. The van der Waals surface area contributed by atoms with Crippen LogP contribution in [0.15, 0.2) is 21.7 Å². The van der Waals surface area contributed by atoms with Crippen molar-refractivity contribution in [2.45, 2.75) is 32.2 Å². The fourth-order valence-corrected chi connectivity index (χ4v) is 3.49. The number of aromatic amines is 1. The number of aromatic nitrogens is 3. The molecule has 2 heterocycles. The predicted molar refractivity (Wildman–Crippen MR) is 85.3 cm³/mol. The lowest BCUT2D eigenvalue weighted by atomic mass is 9.82. The van der Waals surface area contributed by atoms with Crippen molar-refractivity contribution in [1.82, 2.24) is 14.1 Å². The first kappa shape index (κ1) is 15.6. The molecule has 0 aliphatic heterocycles. The molecule has 1 fully saturated rings. The number of pyridine rings is 1. The summed E-state index contributed by atoms with van der Waals surface area (Å²) in [5.41, 5.74) is 0.945. The fraction of sp³-hybridized carbons (Fsp3) is 0.562. The van der Waals surface area contributed by atoms with Crippen LogP contribution in [-0.4, -0.2) is 27.2 Å². The van der Waals surface area contributed by atoms with E-state index >= 15 is 0 Å². The van der Waals surface area contributed by atoms with Crippen molar-refractivity contribution in [3.63, 3.8) is 0 Å². The van der Waals surface area contributed by atoms with Crippen molar-refractivity contribution in [2.75, 3.05) is 7.11 Å². The Bertz CT molecular complexity index is 837. The van der Waals surface area contributed by atoms with Gasteiger partial charge in [0.25, 0.3) is 0 Å². The highest BCUT2D eigenvalue weighted by atomic mass is 16.5. The van der Waals surface area contributed by atoms with Gasteiger partial charge in [0.2, 0.25) is 5.56 Å². The molecule has 124 valence electrons. The quantitative estimate of drug-likeness (QED) is 0.855. The molecule has 2 aromatic rings. The van der Waals surface area contributed by atoms with Gasteiger partial charge in [-0.3, -0.25) is 18.7 Å². The second-order valence-corrected chi connectivity index (χ2v) is 6.25. The summed E-state index contributed by atoms with van der Waals surface area (Å²) in [6.07, 6.45) is 3.32. The molecule has 0 bridgehead atoms. The van der Waals surface area contributed by atoms with Gasteiger partial charge >= 0.3 is 11.7 Å². The summed E-state index contributed by atoms with van der Waals surface area (Å²) in [4.78, 5) is 38.3. The normalized spacial score (nSPS) is 21.5. The summed E-state index contributed by atoms with van der Waals surface area (Å²) in [7, 11) is 3.12. The number of nitrogens with zero attached hydrogens (tertiary/aromatic N) is 2. The monoisotopic (exact) mass is 319 g/mol. The van der Waals surface area contributed by atoms with E-state index in [2.05, 4.69) is 4.98 Å². The number of carbonyl (C=O) groups excluding carboxylic acids is 1. The maximum absolute atomic E-state index is 12.4. The molecule has 1 aliphatic carbocycles. The Balaban J connectivity index is 1.82. The SMILES string of the molecule is COC(=O)C1CCC(Cn2c(=O)n(C)c3ccc(=O)[nH]c32)CC1. The molecule has 23 heavy (non-hydrogen) atoms. The molecule has 0 spiro atoms. The average molecular weight is 319 g/mol. The van der Waals surface area contributed by atoms with Gasteiger partial charge < -0.3 is 9.72 Å². The summed E-state index contributed by atoms with van der Waals surface area (Å²) in [6.45, 7) is 0.560. The Morgan fingerprint density at radius 1 is 1.26 bits per heavy atom. The molecule has 7 heteroatoms. The van der Waals surface area contributed by atoms with Crippen molar-refractivity contribution in [3.8, 4) is 0 Å². The van der Waals surface area contributed by atoms with Gasteiger partial charge in [0.15, 0.2) is 0 Å². The van der Waals surface area contributed by atoms with E-state index in [0.29, 0.717) is 18.1 Å². The standard InChI is InChI=1S/C16H21N3O4/c1-18-12-7-8-13(20)17-14(12)19(16(18)22)9-10-3-5-11(6-4-10)15(21)23-2/h7-8,10-11H,3-6,9H2,1-2H3,(H,17,20). The van der Waals surface area contributed by atoms with Gasteiger partial charge in [-0.15, -0.1) is 0 Å². The van der Waals surface area contributed by atoms with Crippen LogP contribution in [0.1, 0.15) is 25.7 Å². The number of hydrogen-bond acceptors (Lipinski definition) is 4. The maximum Gasteiger partial charge on any atom is 0.330 e. The van der Waals surface area contributed by atoms with E-state index in [1.54, 1.807) is 22.2 Å². The molecule has 1 aliphatic rings. The van der Waals surface area contributed by atoms with E-state index < -0.39 is 0 Å². The summed E-state index contributed by atoms with van der Waals surface area (Å²) in [5.74, 6) is 0.151. The van der Waals surface area contributed by atoms with Crippen LogP contribution in [0.5, 0.6) is 0 Å². The fourth-order valence-electron chi connectivity index (χ4n) is 3.49. The molecule has 0 unspecified atom stereocenters. The molecule has 0 atom stereocenters. The van der Waals surface area contributed by atoms with Gasteiger partial charge in [0.05, 0.1) is 18.5 Å². The first-order chi connectivity index (χ1) is 11.0. The Hall–Kier alpha value is -2.31. The minimum Gasteiger partial charge on any atom is -0.469 e. The summed E-state index contributed by atoms with van der Waals surface area (Å²) in [6, 6.07) is 3.09. The number of ether oxygens (including phenoxy) is 1. The Kier molecular flexibility index (Phi) is 4.11. The van der Waals surface area contributed by atoms with Gasteiger partial charge in [0.1, 0.15) is 5.65 Å². The smallest absolute Gasteiger partial charge is 0.330 e. The molecule has 0 aromatic carbocycles. The molecule has 2 aromatic heterocycles. The minimum absolute atomic E-state index is 0.0275. The molecular formula is C16H21N3O4. The molecule has 0 amide bonds. The third-order valence-electron chi connectivity index (χ3n) is 4.85. The number of fused-ring (bicyclic) bond motifs is 1. The van der Waals surface area contributed by atoms with Crippen molar-refractivity contribution in [1.29, 1.82) is 0 Å². The van der Waals surface area contributed by atoms with Gasteiger partial charge in [-0.2, -0.15) is 0 Å². The number of carbonyl (C=O) groups is 1. The van der Waals surface area contributed by atoms with Gasteiger partial charge in [-0.25, -0.2) is 4.79 Å². The van der Waals surface area contributed by atoms with Crippen LogP contribution in [0.25, 0.3) is 11.2 Å². The number of esters is 1. The highest BCUT2D eigenvalue weighted by Gasteiger charge is 2.28. The lowest BCUT2D eigenvalue weighted by molar-refractivity contribution is -0.146. The highest BCUT2D eigenvalue weighted by molar-refractivity contribution is 5.72. The zero-order valence-electron chi connectivity index (χ0n) is 13.4. The number of rotatable bonds is 3. The maximum atomic E-state index is 12.4. The van der Waals surface area contributed by atoms with E-state index in [4.69, 9.17) is 4.74 Å². The van der Waals surface area contributed by atoms with Gasteiger partial charge in [0, 0.05) is 19.7 Å². The van der Waals surface area contributed by atoms with Crippen molar-refractivity contribution < 1.29 is 9.53 Å². The summed E-state index contributed by atoms with van der Waals surface area (Å²) in [5, 5.41) is 0. The van der Waals surface area contributed by atoms with Crippen molar-refractivity contribution >= 4 is 17.1 Å². The van der Waals surface area contributed by atoms with Crippen molar-refractivity contribution in [3.05, 3.63) is 33.0 Å². The molecule has 1 saturated carbocycles. The van der Waals surface area contributed by atoms with Crippen LogP contribution in [0.2, 0.25) is 0 Å². The van der Waals surface area contributed by atoms with E-state index in [1.165, 1.54) is 13.2 Å². The third-order valence-corrected chi connectivity index (χ3v) is 4.85. The number of aryl methyl sites for hydroxylation is 1. The first-order valence-electron chi connectivity index (χ1n) is 7.87. The number of hydrogen-bond donors (Lipinski definition) is 1. The molecule has 0 radical (unpaired) electrons. The second kappa shape index (κ2) is 6.06. The van der Waals surface area contributed by atoms with E-state index in [0.717, 1.165) is 31.2 Å². The predicted octanol–water partition coefficient (Wildman–Crippen LogP) is 1.01. The number of nitrogens with one attached hydrogen (secondary N) is 1.